The molecule has 0 spiro atoms. The zero-order valence-corrected chi connectivity index (χ0v) is 19.3. The Bertz CT molecular complexity index is 906. The Morgan fingerprint density at radius 3 is 2.25 bits per heavy atom. The number of hydrogen-bond donors (Lipinski definition) is 1. The highest BCUT2D eigenvalue weighted by atomic mass is 16.6. The number of esters is 2. The molecule has 0 aromatic rings. The van der Waals surface area contributed by atoms with Crippen molar-refractivity contribution in [3.63, 3.8) is 0 Å². The molecule has 176 valence electrons. The number of fused-ring (bicyclic) bond motifs is 1. The van der Waals surface area contributed by atoms with E-state index in [0.717, 1.165) is 0 Å². The summed E-state index contributed by atoms with van der Waals surface area (Å²) in [5.74, 6) is -2.26. The molecule has 4 rings (SSSR count). The summed E-state index contributed by atoms with van der Waals surface area (Å²) >= 11 is 0. The quantitative estimate of drug-likeness (QED) is 0.386. The summed E-state index contributed by atoms with van der Waals surface area (Å²) in [5.41, 5.74) is -2.79. The van der Waals surface area contributed by atoms with Crippen molar-refractivity contribution in [1.29, 1.82) is 0 Å². The Morgan fingerprint density at radius 1 is 1.06 bits per heavy atom. The van der Waals surface area contributed by atoms with Gasteiger partial charge in [-0.1, -0.05) is 20.4 Å². The molecule has 4 aliphatic rings. The largest absolute Gasteiger partial charge is 0.462 e. The smallest absolute Gasteiger partial charge is 0.302 e. The third kappa shape index (κ3) is 3.02. The molecule has 2 bridgehead atoms. The lowest BCUT2D eigenvalue weighted by atomic mass is 9.50. The van der Waals surface area contributed by atoms with E-state index in [9.17, 15) is 24.3 Å². The third-order valence-electron chi connectivity index (χ3n) is 8.55. The Hall–Kier alpha value is -2.06. The monoisotopic (exact) mass is 448 g/mol. The van der Waals surface area contributed by atoms with Gasteiger partial charge in [0.15, 0.2) is 11.4 Å². The molecular formula is C24H32O8. The highest BCUT2D eigenvalue weighted by molar-refractivity contribution is 6.08. The van der Waals surface area contributed by atoms with Crippen LogP contribution in [0.1, 0.15) is 60.3 Å². The summed E-state index contributed by atoms with van der Waals surface area (Å²) in [6, 6.07) is 0. The van der Waals surface area contributed by atoms with Gasteiger partial charge in [-0.3, -0.25) is 19.2 Å². The zero-order valence-electron chi connectivity index (χ0n) is 19.3. The van der Waals surface area contributed by atoms with Crippen LogP contribution in [0.2, 0.25) is 0 Å². The number of ether oxygens (including phenoxy) is 3. The number of ketones is 2. The number of aliphatic hydroxyl groups is 1. The molecule has 1 aliphatic heterocycles. The Balaban J connectivity index is 1.82. The number of epoxide rings is 1. The molecule has 1 N–H and O–H groups in total. The molecule has 0 amide bonds. The van der Waals surface area contributed by atoms with Crippen LogP contribution in [0.15, 0.2) is 12.2 Å². The lowest BCUT2D eigenvalue weighted by Gasteiger charge is -2.56. The molecule has 1 unspecified atom stereocenters. The highest BCUT2D eigenvalue weighted by Crippen LogP contribution is 2.62. The van der Waals surface area contributed by atoms with Crippen LogP contribution in [0.25, 0.3) is 0 Å². The topological polar surface area (TPSA) is 120 Å². The Morgan fingerprint density at radius 2 is 1.66 bits per heavy atom. The fourth-order valence-corrected chi connectivity index (χ4v) is 6.70. The molecule has 3 aliphatic carbocycles. The van der Waals surface area contributed by atoms with Gasteiger partial charge in [0.05, 0.1) is 11.5 Å². The molecule has 8 nitrogen and oxygen atoms in total. The van der Waals surface area contributed by atoms with Crippen LogP contribution in [0.4, 0.5) is 0 Å². The molecule has 8 heteroatoms. The van der Waals surface area contributed by atoms with E-state index in [1.165, 1.54) is 13.8 Å². The number of carbonyl (C=O) groups is 4. The Labute approximate surface area is 187 Å². The number of rotatable bonds is 2. The molecular weight excluding hydrogens is 416 g/mol. The van der Waals surface area contributed by atoms with Gasteiger partial charge in [-0.2, -0.15) is 0 Å². The van der Waals surface area contributed by atoms with Gasteiger partial charge < -0.3 is 19.3 Å². The van der Waals surface area contributed by atoms with Crippen LogP contribution in [0.5, 0.6) is 0 Å². The summed E-state index contributed by atoms with van der Waals surface area (Å²) in [5, 5.41) is 11.3. The van der Waals surface area contributed by atoms with Crippen LogP contribution in [0, 0.1) is 22.7 Å². The minimum atomic E-state index is -1.32. The number of Topliss-reactive ketones (excluding diaryl/α,β-unsaturated/α-hetero) is 2. The van der Waals surface area contributed by atoms with E-state index in [1.807, 2.05) is 13.8 Å². The van der Waals surface area contributed by atoms with Crippen molar-refractivity contribution in [2.75, 3.05) is 0 Å². The van der Waals surface area contributed by atoms with Crippen molar-refractivity contribution in [3.05, 3.63) is 12.2 Å². The average Bonchev–Trinajstić information content (AvgIpc) is 3.39. The predicted molar refractivity (Wildman–Crippen MR) is 111 cm³/mol. The van der Waals surface area contributed by atoms with Gasteiger partial charge in [0.1, 0.15) is 24.1 Å². The lowest BCUT2D eigenvalue weighted by Crippen LogP contribution is -2.62. The molecule has 8 atom stereocenters. The van der Waals surface area contributed by atoms with Gasteiger partial charge in [-0.25, -0.2) is 0 Å². The Kier molecular flexibility index (Phi) is 5.21. The molecule has 0 radical (unpaired) electrons. The van der Waals surface area contributed by atoms with Crippen LogP contribution in [0.3, 0.4) is 0 Å². The second-order valence-corrected chi connectivity index (χ2v) is 10.6. The first-order chi connectivity index (χ1) is 14.8. The van der Waals surface area contributed by atoms with E-state index in [1.54, 1.807) is 6.92 Å². The van der Waals surface area contributed by atoms with E-state index in [0.29, 0.717) is 12.0 Å². The summed E-state index contributed by atoms with van der Waals surface area (Å²) in [4.78, 5) is 50.5. The number of aliphatic hydroxyl groups excluding tert-OH is 1. The number of hydrogen-bond acceptors (Lipinski definition) is 8. The van der Waals surface area contributed by atoms with Gasteiger partial charge in [0, 0.05) is 38.0 Å². The summed E-state index contributed by atoms with van der Waals surface area (Å²) in [6.07, 6.45) is -2.30. The maximum Gasteiger partial charge on any atom is 0.302 e. The fourth-order valence-electron chi connectivity index (χ4n) is 6.70. The normalized spacial score (nSPS) is 44.9. The van der Waals surface area contributed by atoms with Crippen molar-refractivity contribution in [2.24, 2.45) is 22.7 Å². The van der Waals surface area contributed by atoms with Crippen molar-refractivity contribution < 1.29 is 38.5 Å². The van der Waals surface area contributed by atoms with Gasteiger partial charge in [-0.15, -0.1) is 0 Å². The summed E-state index contributed by atoms with van der Waals surface area (Å²) in [6.45, 7) is 12.1. The molecule has 0 aromatic carbocycles. The van der Waals surface area contributed by atoms with Gasteiger partial charge in [0.2, 0.25) is 0 Å². The second kappa shape index (κ2) is 7.22. The standard InChI is InChI=1S/C24H32O8/c1-11-14-7-8-16(27)23(6)15(9-17(28)24(20(11)29)21(14)32-24)22(4,5)18(30-12(2)25)10-19(23)31-13(3)26/h14-15,17-19,21,28H,1,7-10H2,2-6H3/t14-,15+,17+,18-,19?,21+,23+,24-/m0/s1. The predicted octanol–water partition coefficient (Wildman–Crippen LogP) is 1.91. The van der Waals surface area contributed by atoms with E-state index < -0.39 is 58.7 Å². The average molecular weight is 449 g/mol. The molecule has 1 saturated heterocycles. The minimum Gasteiger partial charge on any atom is -0.462 e. The summed E-state index contributed by atoms with van der Waals surface area (Å²) < 4.78 is 17.0. The van der Waals surface area contributed by atoms with Crippen molar-refractivity contribution in [3.8, 4) is 0 Å². The van der Waals surface area contributed by atoms with E-state index in [4.69, 9.17) is 14.2 Å². The van der Waals surface area contributed by atoms with Crippen molar-refractivity contribution in [1.82, 2.24) is 0 Å². The highest BCUT2D eigenvalue weighted by Gasteiger charge is 2.76. The van der Waals surface area contributed by atoms with Gasteiger partial charge >= 0.3 is 11.9 Å². The third-order valence-corrected chi connectivity index (χ3v) is 8.55. The van der Waals surface area contributed by atoms with Crippen LogP contribution in [-0.4, -0.2) is 58.6 Å². The number of carbonyl (C=O) groups excluding carboxylic acids is 4. The maximum atomic E-state index is 13.7. The maximum absolute atomic E-state index is 13.7. The minimum absolute atomic E-state index is 0.0625. The molecule has 3 saturated carbocycles. The van der Waals surface area contributed by atoms with Crippen LogP contribution >= 0.6 is 0 Å². The van der Waals surface area contributed by atoms with E-state index >= 15 is 0 Å². The second-order valence-electron chi connectivity index (χ2n) is 10.6. The lowest BCUT2D eigenvalue weighted by molar-refractivity contribution is -0.205. The molecule has 1 heterocycles. The SMILES string of the molecule is C=C1C(=O)[C@]23O[C@@H]2[C@H]1CCC(=O)[C@]1(C)C(OC(C)=O)C[C@H](OC(C)=O)C(C)(C)[C@H]1C[C@H]3O. The molecule has 4 fully saturated rings. The first-order valence-corrected chi connectivity index (χ1v) is 11.2. The summed E-state index contributed by atoms with van der Waals surface area (Å²) in [7, 11) is 0. The van der Waals surface area contributed by atoms with E-state index in [2.05, 4.69) is 6.58 Å². The van der Waals surface area contributed by atoms with Crippen LogP contribution < -0.4 is 0 Å². The molecule has 32 heavy (non-hydrogen) atoms. The zero-order chi connectivity index (χ0) is 23.8. The van der Waals surface area contributed by atoms with E-state index in [-0.39, 0.29) is 36.7 Å². The molecule has 0 aromatic heterocycles. The van der Waals surface area contributed by atoms with Crippen LogP contribution in [-0.2, 0) is 33.4 Å². The van der Waals surface area contributed by atoms with Gasteiger partial charge in [0.25, 0.3) is 0 Å². The fraction of sp³-hybridized carbons (Fsp3) is 0.750. The first-order valence-electron chi connectivity index (χ1n) is 11.2. The first kappa shape index (κ1) is 23.1. The van der Waals surface area contributed by atoms with Crippen molar-refractivity contribution >= 4 is 23.5 Å². The van der Waals surface area contributed by atoms with Gasteiger partial charge in [-0.05, 0) is 31.3 Å². The van der Waals surface area contributed by atoms with Crippen molar-refractivity contribution in [2.45, 2.75) is 90.3 Å².